The number of unbranched alkanes of at least 4 members (excludes halogenated alkanes) is 1. The average Bonchev–Trinajstić information content (AvgIpc) is 3.03. The van der Waals surface area contributed by atoms with Crippen molar-refractivity contribution in [3.8, 4) is 0 Å². The van der Waals surface area contributed by atoms with Crippen molar-refractivity contribution in [2.75, 3.05) is 6.54 Å². The molecule has 0 spiro atoms. The van der Waals surface area contributed by atoms with Gasteiger partial charge in [0.2, 0.25) is 5.91 Å². The fraction of sp³-hybridized carbons (Fsp3) is 0.643. The topological polar surface area (TPSA) is 62.1 Å². The van der Waals surface area contributed by atoms with Crippen LogP contribution in [0.25, 0.3) is 0 Å². The van der Waals surface area contributed by atoms with E-state index in [4.69, 9.17) is 5.73 Å². The van der Waals surface area contributed by atoms with Crippen molar-refractivity contribution in [2.45, 2.75) is 51.1 Å². The van der Waals surface area contributed by atoms with E-state index < -0.39 is 0 Å². The highest BCUT2D eigenvalue weighted by Crippen LogP contribution is 2.31. The Morgan fingerprint density at radius 2 is 2.50 bits per heavy atom. The van der Waals surface area contributed by atoms with Gasteiger partial charge >= 0.3 is 0 Å². The van der Waals surface area contributed by atoms with E-state index >= 15 is 0 Å². The monoisotopic (exact) mass is 249 g/mol. The predicted molar refractivity (Wildman–Crippen MR) is 72.0 cm³/mol. The van der Waals surface area contributed by atoms with Crippen LogP contribution in [0, 0.1) is 0 Å². The van der Waals surface area contributed by atoms with Crippen molar-refractivity contribution in [1.29, 1.82) is 0 Å². The lowest BCUT2D eigenvalue weighted by Gasteiger charge is -2.27. The fourth-order valence-electron chi connectivity index (χ4n) is 2.67. The number of nitrogens with zero attached hydrogens (tertiary/aromatic N) is 1. The molecule has 1 fully saturated rings. The molecule has 0 bridgehead atoms. The summed E-state index contributed by atoms with van der Waals surface area (Å²) in [6.07, 6.45) is 6.91. The van der Waals surface area contributed by atoms with E-state index in [2.05, 4.69) is 11.9 Å². The second-order valence-electron chi connectivity index (χ2n) is 5.06. The van der Waals surface area contributed by atoms with Gasteiger partial charge in [-0.15, -0.1) is 0 Å². The number of nitrogens with one attached hydrogen (secondary N) is 1. The molecule has 0 radical (unpaired) electrons. The second-order valence-corrected chi connectivity index (χ2v) is 5.06. The van der Waals surface area contributed by atoms with E-state index in [1.807, 2.05) is 23.2 Å². The van der Waals surface area contributed by atoms with Crippen LogP contribution in [0.1, 0.15) is 50.8 Å². The minimum absolute atomic E-state index is 0.112. The third-order valence-corrected chi connectivity index (χ3v) is 3.70. The van der Waals surface area contributed by atoms with Crippen LogP contribution in [-0.2, 0) is 4.79 Å². The molecule has 1 aromatic heterocycles. The number of carbonyl (C=O) groups excluding carboxylic acids is 1. The van der Waals surface area contributed by atoms with Gasteiger partial charge in [-0.3, -0.25) is 4.79 Å². The van der Waals surface area contributed by atoms with E-state index in [9.17, 15) is 4.79 Å². The molecule has 1 aliphatic rings. The molecule has 0 saturated carbocycles. The van der Waals surface area contributed by atoms with Gasteiger partial charge in [0, 0.05) is 18.4 Å². The van der Waals surface area contributed by atoms with Crippen LogP contribution in [0.3, 0.4) is 0 Å². The number of likely N-dealkylation sites (tertiary alicyclic amines) is 1. The first-order chi connectivity index (χ1) is 8.74. The minimum Gasteiger partial charge on any atom is -0.363 e. The number of aromatic amines is 1. The highest BCUT2D eigenvalue weighted by atomic mass is 16.2. The van der Waals surface area contributed by atoms with E-state index in [1.165, 1.54) is 0 Å². The number of hydrogen-bond donors (Lipinski definition) is 2. The molecule has 2 unspecified atom stereocenters. The van der Waals surface area contributed by atoms with Crippen LogP contribution in [0.4, 0.5) is 0 Å². The number of H-pyrrole nitrogens is 1. The SMILES string of the molecule is CCCCC(N)C(=O)N1CCCC1c1ccc[nH]1. The number of nitrogens with two attached hydrogens (primary N) is 1. The van der Waals surface area contributed by atoms with E-state index in [0.29, 0.717) is 0 Å². The number of rotatable bonds is 5. The predicted octanol–water partition coefficient (Wildman–Crippen LogP) is 2.20. The molecule has 18 heavy (non-hydrogen) atoms. The van der Waals surface area contributed by atoms with Crippen LogP contribution in [0.5, 0.6) is 0 Å². The van der Waals surface area contributed by atoms with Gasteiger partial charge in [-0.1, -0.05) is 19.8 Å². The maximum absolute atomic E-state index is 12.3. The minimum atomic E-state index is -0.333. The van der Waals surface area contributed by atoms with Crippen molar-refractivity contribution in [2.24, 2.45) is 5.73 Å². The Bertz CT molecular complexity index is 374. The van der Waals surface area contributed by atoms with Gasteiger partial charge in [-0.05, 0) is 31.4 Å². The lowest BCUT2D eigenvalue weighted by molar-refractivity contribution is -0.133. The summed E-state index contributed by atoms with van der Waals surface area (Å²) in [7, 11) is 0. The third kappa shape index (κ3) is 2.75. The maximum atomic E-state index is 12.3. The summed E-state index contributed by atoms with van der Waals surface area (Å²) in [5.74, 6) is 0.112. The molecule has 1 aromatic rings. The van der Waals surface area contributed by atoms with Gasteiger partial charge in [0.1, 0.15) is 0 Å². The van der Waals surface area contributed by atoms with Gasteiger partial charge in [0.15, 0.2) is 0 Å². The molecule has 2 rings (SSSR count). The van der Waals surface area contributed by atoms with Crippen LogP contribution in [0.2, 0.25) is 0 Å². The Balaban J connectivity index is 2.00. The molecule has 4 heteroatoms. The molecule has 2 heterocycles. The fourth-order valence-corrected chi connectivity index (χ4v) is 2.67. The number of aromatic nitrogens is 1. The smallest absolute Gasteiger partial charge is 0.240 e. The average molecular weight is 249 g/mol. The summed E-state index contributed by atoms with van der Waals surface area (Å²) in [4.78, 5) is 17.5. The van der Waals surface area contributed by atoms with Crippen LogP contribution >= 0.6 is 0 Å². The zero-order chi connectivity index (χ0) is 13.0. The Morgan fingerprint density at radius 1 is 1.67 bits per heavy atom. The molecular formula is C14H23N3O. The quantitative estimate of drug-likeness (QED) is 0.840. The van der Waals surface area contributed by atoms with E-state index in [0.717, 1.165) is 44.3 Å². The van der Waals surface area contributed by atoms with Gasteiger partial charge < -0.3 is 15.6 Å². The van der Waals surface area contributed by atoms with E-state index in [-0.39, 0.29) is 18.0 Å². The molecule has 0 aromatic carbocycles. The van der Waals surface area contributed by atoms with Crippen molar-refractivity contribution in [1.82, 2.24) is 9.88 Å². The number of hydrogen-bond acceptors (Lipinski definition) is 2. The first-order valence-electron chi connectivity index (χ1n) is 6.93. The van der Waals surface area contributed by atoms with Crippen LogP contribution in [-0.4, -0.2) is 28.4 Å². The third-order valence-electron chi connectivity index (χ3n) is 3.70. The molecule has 1 saturated heterocycles. The van der Waals surface area contributed by atoms with Gasteiger partial charge in [0.05, 0.1) is 12.1 Å². The zero-order valence-corrected chi connectivity index (χ0v) is 11.1. The van der Waals surface area contributed by atoms with Crippen molar-refractivity contribution < 1.29 is 4.79 Å². The Morgan fingerprint density at radius 3 is 3.17 bits per heavy atom. The Hall–Kier alpha value is -1.29. The summed E-state index contributed by atoms with van der Waals surface area (Å²) in [5, 5.41) is 0. The lowest BCUT2D eigenvalue weighted by atomic mass is 10.1. The molecule has 0 aliphatic carbocycles. The molecule has 4 nitrogen and oxygen atoms in total. The molecular weight excluding hydrogens is 226 g/mol. The number of carbonyl (C=O) groups is 1. The van der Waals surface area contributed by atoms with Crippen molar-refractivity contribution in [3.63, 3.8) is 0 Å². The van der Waals surface area contributed by atoms with Crippen LogP contribution < -0.4 is 5.73 Å². The van der Waals surface area contributed by atoms with Crippen LogP contribution in [0.15, 0.2) is 18.3 Å². The van der Waals surface area contributed by atoms with Crippen molar-refractivity contribution >= 4 is 5.91 Å². The van der Waals surface area contributed by atoms with Gasteiger partial charge in [-0.25, -0.2) is 0 Å². The standard InChI is InChI=1S/C14H23N3O/c1-2-3-6-11(15)14(18)17-10-5-8-13(17)12-7-4-9-16-12/h4,7,9,11,13,16H,2-3,5-6,8,10,15H2,1H3. The second kappa shape index (κ2) is 6.05. The molecule has 3 N–H and O–H groups in total. The molecule has 2 atom stereocenters. The first kappa shape index (κ1) is 13.1. The molecule has 1 aliphatic heterocycles. The summed E-state index contributed by atoms with van der Waals surface area (Å²) in [6, 6.07) is 3.89. The summed E-state index contributed by atoms with van der Waals surface area (Å²) < 4.78 is 0. The Kier molecular flexibility index (Phi) is 4.42. The van der Waals surface area contributed by atoms with E-state index in [1.54, 1.807) is 0 Å². The summed E-state index contributed by atoms with van der Waals surface area (Å²) in [5.41, 5.74) is 7.13. The molecule has 1 amide bonds. The van der Waals surface area contributed by atoms with Gasteiger partial charge in [-0.2, -0.15) is 0 Å². The van der Waals surface area contributed by atoms with Gasteiger partial charge in [0.25, 0.3) is 0 Å². The molecule has 100 valence electrons. The summed E-state index contributed by atoms with van der Waals surface area (Å²) in [6.45, 7) is 2.96. The lowest BCUT2D eigenvalue weighted by Crippen LogP contribution is -2.43. The highest BCUT2D eigenvalue weighted by Gasteiger charge is 2.32. The van der Waals surface area contributed by atoms with Crippen molar-refractivity contribution in [3.05, 3.63) is 24.0 Å². The largest absolute Gasteiger partial charge is 0.363 e. The Labute approximate surface area is 109 Å². The maximum Gasteiger partial charge on any atom is 0.240 e. The summed E-state index contributed by atoms with van der Waals surface area (Å²) >= 11 is 0. The zero-order valence-electron chi connectivity index (χ0n) is 11.1. The highest BCUT2D eigenvalue weighted by molar-refractivity contribution is 5.82. The normalized spacial score (nSPS) is 21.2. The first-order valence-corrected chi connectivity index (χ1v) is 6.93. The number of amides is 1.